The van der Waals surface area contributed by atoms with Crippen LogP contribution in [0.2, 0.25) is 0 Å². The summed E-state index contributed by atoms with van der Waals surface area (Å²) in [5.74, 6) is -0.877. The van der Waals surface area contributed by atoms with Crippen molar-refractivity contribution >= 4 is 0 Å². The summed E-state index contributed by atoms with van der Waals surface area (Å²) in [6.07, 6.45) is -3.05. The Bertz CT molecular complexity index is 467. The number of hydrogen-bond donors (Lipinski definition) is 1. The van der Waals surface area contributed by atoms with Gasteiger partial charge in [0.15, 0.2) is 0 Å². The van der Waals surface area contributed by atoms with Crippen molar-refractivity contribution in [3.8, 4) is 0 Å². The van der Waals surface area contributed by atoms with Gasteiger partial charge in [-0.2, -0.15) is 13.2 Å². The van der Waals surface area contributed by atoms with Crippen molar-refractivity contribution in [2.24, 2.45) is 0 Å². The normalized spacial score (nSPS) is 19.1. The van der Waals surface area contributed by atoms with E-state index in [0.717, 1.165) is 18.9 Å². The van der Waals surface area contributed by atoms with Gasteiger partial charge in [0.1, 0.15) is 5.82 Å². The molecule has 20 heavy (non-hydrogen) atoms. The van der Waals surface area contributed by atoms with E-state index in [4.69, 9.17) is 4.74 Å². The third kappa shape index (κ3) is 3.70. The van der Waals surface area contributed by atoms with Crippen LogP contribution in [0.1, 0.15) is 30.9 Å². The minimum atomic E-state index is -4.55. The Morgan fingerprint density at radius 3 is 2.50 bits per heavy atom. The number of benzene rings is 1. The predicted octanol–water partition coefficient (Wildman–Crippen LogP) is 3.50. The van der Waals surface area contributed by atoms with E-state index in [9.17, 15) is 17.6 Å². The van der Waals surface area contributed by atoms with Gasteiger partial charge >= 0.3 is 6.18 Å². The molecule has 1 saturated heterocycles. The lowest BCUT2D eigenvalue weighted by Crippen LogP contribution is -2.46. The van der Waals surface area contributed by atoms with Crippen molar-refractivity contribution in [3.63, 3.8) is 0 Å². The summed E-state index contributed by atoms with van der Waals surface area (Å²) in [7, 11) is 0. The molecule has 6 heteroatoms. The van der Waals surface area contributed by atoms with Gasteiger partial charge < -0.3 is 10.1 Å². The van der Waals surface area contributed by atoms with Crippen LogP contribution in [0.4, 0.5) is 17.6 Å². The molecule has 0 aromatic heterocycles. The van der Waals surface area contributed by atoms with Gasteiger partial charge in [0, 0.05) is 25.3 Å². The summed E-state index contributed by atoms with van der Waals surface area (Å²) in [6, 6.07) is 2.79. The average Bonchev–Trinajstić information content (AvgIpc) is 2.37. The highest BCUT2D eigenvalue weighted by Crippen LogP contribution is 2.33. The fourth-order valence-electron chi connectivity index (χ4n) is 2.27. The predicted molar refractivity (Wildman–Crippen MR) is 66.7 cm³/mol. The Morgan fingerprint density at radius 1 is 1.25 bits per heavy atom. The summed E-state index contributed by atoms with van der Waals surface area (Å²) in [5.41, 5.74) is -1.09. The van der Waals surface area contributed by atoms with Crippen LogP contribution in [0, 0.1) is 5.82 Å². The molecule has 1 N–H and O–H groups in total. The molecule has 1 fully saturated rings. The number of halogens is 4. The van der Waals surface area contributed by atoms with Gasteiger partial charge in [-0.1, -0.05) is 6.07 Å². The average molecular weight is 291 g/mol. The molecule has 1 aromatic carbocycles. The Hall–Kier alpha value is -1.14. The Balaban J connectivity index is 2.13. The van der Waals surface area contributed by atoms with E-state index in [2.05, 4.69) is 5.32 Å². The molecule has 0 unspecified atom stereocenters. The van der Waals surface area contributed by atoms with Gasteiger partial charge in [0.05, 0.1) is 5.56 Å². The molecule has 1 heterocycles. The first-order chi connectivity index (χ1) is 9.30. The van der Waals surface area contributed by atoms with E-state index >= 15 is 0 Å². The van der Waals surface area contributed by atoms with Gasteiger partial charge in [0.2, 0.25) is 0 Å². The Labute approximate surface area is 115 Å². The molecular weight excluding hydrogens is 274 g/mol. The SMILES string of the molecule is CC1(NCc2ccc(F)cc2C(F)(F)F)CCOCC1. The molecular formula is C14H17F4NO. The van der Waals surface area contributed by atoms with Gasteiger partial charge in [-0.15, -0.1) is 0 Å². The number of hydrogen-bond acceptors (Lipinski definition) is 2. The number of nitrogens with one attached hydrogen (secondary N) is 1. The minimum Gasteiger partial charge on any atom is -0.381 e. The van der Waals surface area contributed by atoms with Gasteiger partial charge in [-0.25, -0.2) is 4.39 Å². The minimum absolute atomic E-state index is 0.0611. The lowest BCUT2D eigenvalue weighted by molar-refractivity contribution is -0.138. The summed E-state index contributed by atoms with van der Waals surface area (Å²) < 4.78 is 56.9. The van der Waals surface area contributed by atoms with E-state index in [1.54, 1.807) is 0 Å². The van der Waals surface area contributed by atoms with Crippen LogP contribution in [0.15, 0.2) is 18.2 Å². The lowest BCUT2D eigenvalue weighted by atomic mass is 9.92. The first-order valence-corrected chi connectivity index (χ1v) is 6.49. The van der Waals surface area contributed by atoms with Crippen molar-refractivity contribution in [1.82, 2.24) is 5.32 Å². The number of rotatable bonds is 3. The highest BCUT2D eigenvalue weighted by molar-refractivity contribution is 5.30. The number of ether oxygens (including phenoxy) is 1. The molecule has 2 rings (SSSR count). The van der Waals surface area contributed by atoms with Crippen LogP contribution in [0.5, 0.6) is 0 Å². The maximum absolute atomic E-state index is 13.0. The third-order valence-electron chi connectivity index (χ3n) is 3.68. The van der Waals surface area contributed by atoms with E-state index in [1.807, 2.05) is 6.92 Å². The van der Waals surface area contributed by atoms with E-state index in [0.29, 0.717) is 19.3 Å². The molecule has 0 spiro atoms. The fraction of sp³-hybridized carbons (Fsp3) is 0.571. The van der Waals surface area contributed by atoms with Gasteiger partial charge in [0.25, 0.3) is 0 Å². The van der Waals surface area contributed by atoms with Crippen LogP contribution < -0.4 is 5.32 Å². The lowest BCUT2D eigenvalue weighted by Gasteiger charge is -2.35. The highest BCUT2D eigenvalue weighted by Gasteiger charge is 2.34. The second-order valence-corrected chi connectivity index (χ2v) is 5.33. The van der Waals surface area contributed by atoms with Gasteiger partial charge in [-0.3, -0.25) is 0 Å². The fourth-order valence-corrected chi connectivity index (χ4v) is 2.27. The van der Waals surface area contributed by atoms with Crippen molar-refractivity contribution in [1.29, 1.82) is 0 Å². The summed E-state index contributed by atoms with van der Waals surface area (Å²) in [4.78, 5) is 0. The quantitative estimate of drug-likeness (QED) is 0.861. The second kappa shape index (κ2) is 5.69. The standard InChI is InChI=1S/C14H17F4NO/c1-13(4-6-20-7-5-13)19-9-10-2-3-11(15)8-12(10)14(16,17)18/h2-3,8,19H,4-7,9H2,1H3. The Kier molecular flexibility index (Phi) is 4.34. The van der Waals surface area contributed by atoms with Crippen LogP contribution in [-0.2, 0) is 17.5 Å². The first-order valence-electron chi connectivity index (χ1n) is 6.49. The zero-order valence-corrected chi connectivity index (χ0v) is 11.2. The summed E-state index contributed by atoms with van der Waals surface area (Å²) >= 11 is 0. The van der Waals surface area contributed by atoms with Crippen molar-refractivity contribution in [3.05, 3.63) is 35.1 Å². The van der Waals surface area contributed by atoms with Crippen molar-refractivity contribution in [2.75, 3.05) is 13.2 Å². The molecule has 0 amide bonds. The van der Waals surface area contributed by atoms with Crippen LogP contribution in [-0.4, -0.2) is 18.8 Å². The molecule has 1 aliphatic heterocycles. The maximum Gasteiger partial charge on any atom is 0.416 e. The monoisotopic (exact) mass is 291 g/mol. The molecule has 2 nitrogen and oxygen atoms in total. The van der Waals surface area contributed by atoms with Crippen LogP contribution in [0.25, 0.3) is 0 Å². The van der Waals surface area contributed by atoms with Gasteiger partial charge in [-0.05, 0) is 37.5 Å². The van der Waals surface area contributed by atoms with Crippen LogP contribution in [0.3, 0.4) is 0 Å². The molecule has 1 aromatic rings. The third-order valence-corrected chi connectivity index (χ3v) is 3.68. The first kappa shape index (κ1) is 15.3. The second-order valence-electron chi connectivity index (χ2n) is 5.33. The van der Waals surface area contributed by atoms with E-state index in [1.165, 1.54) is 6.07 Å². The van der Waals surface area contributed by atoms with Crippen LogP contribution >= 0.6 is 0 Å². The topological polar surface area (TPSA) is 21.3 Å². The zero-order chi connectivity index (χ0) is 14.8. The molecule has 0 saturated carbocycles. The summed E-state index contributed by atoms with van der Waals surface area (Å²) in [6.45, 7) is 3.22. The van der Waals surface area contributed by atoms with Crippen molar-refractivity contribution < 1.29 is 22.3 Å². The summed E-state index contributed by atoms with van der Waals surface area (Å²) in [5, 5.41) is 3.14. The van der Waals surface area contributed by atoms with Crippen molar-refractivity contribution in [2.45, 2.75) is 38.0 Å². The maximum atomic E-state index is 13.0. The smallest absolute Gasteiger partial charge is 0.381 e. The van der Waals surface area contributed by atoms with E-state index < -0.39 is 17.6 Å². The highest BCUT2D eigenvalue weighted by atomic mass is 19.4. The largest absolute Gasteiger partial charge is 0.416 e. The molecule has 0 bridgehead atoms. The van der Waals surface area contributed by atoms with E-state index in [-0.39, 0.29) is 17.6 Å². The Morgan fingerprint density at radius 2 is 1.90 bits per heavy atom. The molecule has 112 valence electrons. The molecule has 0 radical (unpaired) electrons. The molecule has 0 aliphatic carbocycles. The number of alkyl halides is 3. The molecule has 1 aliphatic rings. The molecule has 0 atom stereocenters. The zero-order valence-electron chi connectivity index (χ0n) is 11.2.